The number of urea groups is 1. The summed E-state index contributed by atoms with van der Waals surface area (Å²) >= 11 is 0. The van der Waals surface area contributed by atoms with Crippen molar-refractivity contribution < 1.29 is 13.2 Å². The largest absolute Gasteiger partial charge is 0.335 e. The van der Waals surface area contributed by atoms with Crippen LogP contribution in [0.2, 0.25) is 0 Å². The van der Waals surface area contributed by atoms with E-state index in [1.165, 1.54) is 42.4 Å². The molecule has 0 atom stereocenters. The third kappa shape index (κ3) is 5.57. The van der Waals surface area contributed by atoms with Crippen molar-refractivity contribution >= 4 is 21.7 Å². The van der Waals surface area contributed by atoms with Gasteiger partial charge in [0.25, 0.3) is 0 Å². The average Bonchev–Trinajstić information content (AvgIpc) is 2.84. The highest BCUT2D eigenvalue weighted by Crippen LogP contribution is 2.19. The van der Waals surface area contributed by atoms with E-state index in [-0.39, 0.29) is 23.5 Å². The van der Waals surface area contributed by atoms with Gasteiger partial charge in [0.15, 0.2) is 0 Å². The number of likely N-dealkylation sites (N-methyl/N-ethyl adjacent to an activating group) is 1. The lowest BCUT2D eigenvalue weighted by Crippen LogP contribution is -2.37. The Bertz CT molecular complexity index is 678. The number of nitrogens with zero attached hydrogens (tertiary/aromatic N) is 1. The number of anilines is 1. The summed E-state index contributed by atoms with van der Waals surface area (Å²) in [5.41, 5.74) is 0.566. The van der Waals surface area contributed by atoms with Crippen molar-refractivity contribution in [3.8, 4) is 0 Å². The van der Waals surface area contributed by atoms with Crippen LogP contribution in [-0.2, 0) is 10.0 Å². The molecule has 0 radical (unpaired) electrons. The van der Waals surface area contributed by atoms with Crippen LogP contribution in [0.15, 0.2) is 41.8 Å². The zero-order valence-electron chi connectivity index (χ0n) is 14.7. The monoisotopic (exact) mass is 365 g/mol. The first-order valence-electron chi connectivity index (χ1n) is 8.68. The molecule has 1 saturated carbocycles. The summed E-state index contributed by atoms with van der Waals surface area (Å²) in [6.45, 7) is 3.79. The van der Waals surface area contributed by atoms with Crippen molar-refractivity contribution in [1.82, 2.24) is 9.62 Å². The smallest absolute Gasteiger partial charge is 0.319 e. The molecule has 25 heavy (non-hydrogen) atoms. The van der Waals surface area contributed by atoms with Crippen LogP contribution in [0.1, 0.15) is 38.5 Å². The molecule has 2 amide bonds. The molecule has 0 unspecified atom stereocenters. The first-order valence-corrected chi connectivity index (χ1v) is 10.1. The van der Waals surface area contributed by atoms with Crippen molar-refractivity contribution in [3.63, 3.8) is 0 Å². The number of carbonyl (C=O) groups excluding carboxylic acids is 1. The number of sulfonamides is 1. The number of rotatable bonds is 6. The lowest BCUT2D eigenvalue weighted by atomic mass is 10.1. The molecule has 7 heteroatoms. The predicted molar refractivity (Wildman–Crippen MR) is 100 cm³/mol. The molecule has 0 heterocycles. The summed E-state index contributed by atoms with van der Waals surface area (Å²) < 4.78 is 25.9. The Morgan fingerprint density at radius 1 is 1.20 bits per heavy atom. The normalized spacial score (nSPS) is 16.2. The quantitative estimate of drug-likeness (QED) is 0.599. The van der Waals surface area contributed by atoms with Gasteiger partial charge in [-0.15, -0.1) is 6.58 Å². The molecular weight excluding hydrogens is 338 g/mol. The summed E-state index contributed by atoms with van der Waals surface area (Å²) in [7, 11) is -2.04. The van der Waals surface area contributed by atoms with E-state index in [0.717, 1.165) is 25.7 Å². The Morgan fingerprint density at radius 2 is 1.80 bits per heavy atom. The molecule has 2 N–H and O–H groups in total. The molecule has 1 aliphatic carbocycles. The molecule has 1 aromatic carbocycles. The van der Waals surface area contributed by atoms with Gasteiger partial charge >= 0.3 is 6.03 Å². The minimum absolute atomic E-state index is 0.187. The maximum Gasteiger partial charge on any atom is 0.319 e. The van der Waals surface area contributed by atoms with Gasteiger partial charge in [-0.3, -0.25) is 0 Å². The molecule has 0 saturated heterocycles. The minimum Gasteiger partial charge on any atom is -0.335 e. The van der Waals surface area contributed by atoms with Gasteiger partial charge in [-0.1, -0.05) is 31.8 Å². The van der Waals surface area contributed by atoms with Crippen LogP contribution in [0.3, 0.4) is 0 Å². The van der Waals surface area contributed by atoms with E-state index in [4.69, 9.17) is 0 Å². The maximum atomic E-state index is 12.3. The molecular formula is C18H27N3O3S. The summed E-state index contributed by atoms with van der Waals surface area (Å²) in [4.78, 5) is 12.3. The Hall–Kier alpha value is -1.86. The van der Waals surface area contributed by atoms with Crippen LogP contribution >= 0.6 is 0 Å². The minimum atomic E-state index is -3.54. The molecule has 138 valence electrons. The Balaban J connectivity index is 1.95. The zero-order chi connectivity index (χ0) is 18.3. The molecule has 6 nitrogen and oxygen atoms in total. The maximum absolute atomic E-state index is 12.3. The third-order valence-electron chi connectivity index (χ3n) is 4.40. The summed E-state index contributed by atoms with van der Waals surface area (Å²) in [6, 6.07) is 6.16. The fourth-order valence-corrected chi connectivity index (χ4v) is 4.09. The lowest BCUT2D eigenvalue weighted by molar-refractivity contribution is 0.247. The van der Waals surface area contributed by atoms with E-state index in [9.17, 15) is 13.2 Å². The van der Waals surface area contributed by atoms with Crippen LogP contribution in [0, 0.1) is 0 Å². The second-order valence-corrected chi connectivity index (χ2v) is 8.43. The molecule has 0 spiro atoms. The predicted octanol–water partition coefficient (Wildman–Crippen LogP) is 3.34. The van der Waals surface area contributed by atoms with Crippen LogP contribution in [-0.4, -0.2) is 38.4 Å². The van der Waals surface area contributed by atoms with E-state index >= 15 is 0 Å². The number of hydrogen-bond acceptors (Lipinski definition) is 3. The van der Waals surface area contributed by atoms with Gasteiger partial charge in [0.05, 0.1) is 4.90 Å². The van der Waals surface area contributed by atoms with Gasteiger partial charge in [0.2, 0.25) is 10.0 Å². The second-order valence-electron chi connectivity index (χ2n) is 6.39. The van der Waals surface area contributed by atoms with E-state index in [0.29, 0.717) is 5.69 Å². The fraction of sp³-hybridized carbons (Fsp3) is 0.500. The molecule has 2 rings (SSSR count). The Morgan fingerprint density at radius 3 is 2.36 bits per heavy atom. The number of hydrogen-bond donors (Lipinski definition) is 2. The van der Waals surface area contributed by atoms with Crippen LogP contribution in [0.25, 0.3) is 0 Å². The number of nitrogens with one attached hydrogen (secondary N) is 2. The Kier molecular flexibility index (Phi) is 7.01. The average molecular weight is 365 g/mol. The molecule has 0 aromatic heterocycles. The summed E-state index contributed by atoms with van der Waals surface area (Å²) in [5, 5.41) is 5.77. The van der Waals surface area contributed by atoms with E-state index in [1.54, 1.807) is 12.1 Å². The molecule has 0 bridgehead atoms. The van der Waals surface area contributed by atoms with Gasteiger partial charge < -0.3 is 10.6 Å². The molecule has 0 aliphatic heterocycles. The lowest BCUT2D eigenvalue weighted by Gasteiger charge is -2.17. The van der Waals surface area contributed by atoms with Crippen molar-refractivity contribution in [1.29, 1.82) is 0 Å². The first kappa shape index (κ1) is 19.5. The standard InChI is InChI=1S/C18H27N3O3S/c1-3-14-21(2)25(23,24)17-12-10-16(11-13-17)20-18(22)19-15-8-6-4-5-7-9-15/h3,10-13,15H,1,4-9,14H2,2H3,(H2,19,20,22). The number of amides is 2. The fourth-order valence-electron chi connectivity index (χ4n) is 2.95. The van der Waals surface area contributed by atoms with Crippen LogP contribution in [0.5, 0.6) is 0 Å². The highest BCUT2D eigenvalue weighted by molar-refractivity contribution is 7.89. The molecule has 1 fully saturated rings. The molecule has 1 aromatic rings. The molecule has 1 aliphatic rings. The third-order valence-corrected chi connectivity index (χ3v) is 6.23. The zero-order valence-corrected chi connectivity index (χ0v) is 15.5. The van der Waals surface area contributed by atoms with Gasteiger partial charge in [-0.25, -0.2) is 13.2 Å². The van der Waals surface area contributed by atoms with Gasteiger partial charge in [-0.2, -0.15) is 4.31 Å². The van der Waals surface area contributed by atoms with Crippen molar-refractivity contribution in [2.24, 2.45) is 0 Å². The van der Waals surface area contributed by atoms with Gasteiger partial charge in [0, 0.05) is 25.3 Å². The SMILES string of the molecule is C=CCN(C)S(=O)(=O)c1ccc(NC(=O)NC2CCCCCC2)cc1. The van der Waals surface area contributed by atoms with Crippen LogP contribution in [0.4, 0.5) is 10.5 Å². The van der Waals surface area contributed by atoms with E-state index < -0.39 is 10.0 Å². The van der Waals surface area contributed by atoms with E-state index in [2.05, 4.69) is 17.2 Å². The topological polar surface area (TPSA) is 78.5 Å². The number of benzene rings is 1. The number of carbonyl (C=O) groups is 1. The summed E-state index contributed by atoms with van der Waals surface area (Å²) in [5.74, 6) is 0. The van der Waals surface area contributed by atoms with Crippen molar-refractivity contribution in [2.45, 2.75) is 49.5 Å². The van der Waals surface area contributed by atoms with Crippen LogP contribution < -0.4 is 10.6 Å². The first-order chi connectivity index (χ1) is 11.9. The second kappa shape index (κ2) is 9.01. The van der Waals surface area contributed by atoms with E-state index in [1.807, 2.05) is 0 Å². The Labute approximate surface area is 150 Å². The highest BCUT2D eigenvalue weighted by Gasteiger charge is 2.19. The van der Waals surface area contributed by atoms with Crippen molar-refractivity contribution in [3.05, 3.63) is 36.9 Å². The highest BCUT2D eigenvalue weighted by atomic mass is 32.2. The van der Waals surface area contributed by atoms with Crippen molar-refractivity contribution in [2.75, 3.05) is 18.9 Å². The van der Waals surface area contributed by atoms with Gasteiger partial charge in [0.1, 0.15) is 0 Å². The summed E-state index contributed by atoms with van der Waals surface area (Å²) in [6.07, 6.45) is 8.32. The van der Waals surface area contributed by atoms with Gasteiger partial charge in [-0.05, 0) is 37.1 Å².